The number of hydrogen-bond donors (Lipinski definition) is 1. The van der Waals surface area contributed by atoms with Gasteiger partial charge in [0, 0.05) is 25.2 Å². The molecule has 0 saturated heterocycles. The van der Waals surface area contributed by atoms with Crippen molar-refractivity contribution in [2.45, 2.75) is 59.8 Å². The van der Waals surface area contributed by atoms with Crippen LogP contribution in [0.1, 0.15) is 59.8 Å². The van der Waals surface area contributed by atoms with Crippen molar-refractivity contribution in [1.82, 2.24) is 0 Å². The predicted molar refractivity (Wildman–Crippen MR) is 87.8 cm³/mol. The van der Waals surface area contributed by atoms with E-state index in [-0.39, 0.29) is 19.5 Å². The molecule has 0 rings (SSSR count). The first-order chi connectivity index (χ1) is 8.41. The summed E-state index contributed by atoms with van der Waals surface area (Å²) in [5, 5.41) is 0. The summed E-state index contributed by atoms with van der Waals surface area (Å²) in [6.07, 6.45) is 5.74. The summed E-state index contributed by atoms with van der Waals surface area (Å²) in [6.45, 7) is 9.29. The van der Waals surface area contributed by atoms with E-state index in [4.69, 9.17) is 4.52 Å². The van der Waals surface area contributed by atoms with Crippen molar-refractivity contribution in [1.29, 1.82) is 0 Å². The molecule has 0 radical (unpaired) electrons. The molecule has 0 saturated carbocycles. The van der Waals surface area contributed by atoms with E-state index in [1.807, 2.05) is 0 Å². The van der Waals surface area contributed by atoms with Crippen LogP contribution in [0.3, 0.4) is 0 Å². The van der Waals surface area contributed by atoms with Gasteiger partial charge in [-0.25, -0.2) is 0 Å². The molecule has 2 unspecified atom stereocenters. The molecule has 19 heavy (non-hydrogen) atoms. The molecule has 0 aliphatic carbocycles. The van der Waals surface area contributed by atoms with Gasteiger partial charge in [0.15, 0.2) is 0 Å². The van der Waals surface area contributed by atoms with Crippen molar-refractivity contribution in [2.75, 3.05) is 12.4 Å². The van der Waals surface area contributed by atoms with Gasteiger partial charge in [-0.2, -0.15) is 0 Å². The topological polar surface area (TPSA) is 26.3 Å². The largest absolute Gasteiger partial charge is 0.313 e. The third-order valence-electron chi connectivity index (χ3n) is 2.97. The molecule has 0 heterocycles. The number of hydrogen-bond acceptors (Lipinski definition) is 3. The quantitative estimate of drug-likeness (QED) is 0.270. The summed E-state index contributed by atoms with van der Waals surface area (Å²) in [5.41, 5.74) is 0. The number of rotatable bonds is 11. The second-order valence-electron chi connectivity index (χ2n) is 5.20. The van der Waals surface area contributed by atoms with Gasteiger partial charge in [-0.3, -0.25) is 4.57 Å². The van der Waals surface area contributed by atoms with Crippen LogP contribution in [0.4, 0.5) is 0 Å². The van der Waals surface area contributed by atoms with Crippen LogP contribution in [0.25, 0.3) is 0 Å². The fourth-order valence-corrected chi connectivity index (χ4v) is 5.17. The predicted octanol–water partition coefficient (Wildman–Crippen LogP) is 6.03. The molecule has 0 aromatic carbocycles. The van der Waals surface area contributed by atoms with Gasteiger partial charge >= 0.3 is 5.77 Å². The average molecular weight is 378 g/mol. The molecule has 6 heteroatoms. The zero-order valence-electron chi connectivity index (χ0n) is 12.9. The maximum Gasteiger partial charge on any atom is 0.310 e. The number of unbranched alkanes of at least 4 members (excludes halogenated alkanes) is 1. The van der Waals surface area contributed by atoms with Gasteiger partial charge in [-0.1, -0.05) is 70.6 Å². The van der Waals surface area contributed by atoms with Gasteiger partial charge in [0.25, 0.3) is 0 Å². The summed E-state index contributed by atoms with van der Waals surface area (Å²) in [6, 6.07) is 0. The third kappa shape index (κ3) is 14.2. The van der Waals surface area contributed by atoms with E-state index in [0.717, 1.165) is 25.0 Å². The van der Waals surface area contributed by atoms with E-state index < -0.39 is 5.77 Å². The third-order valence-corrected chi connectivity index (χ3v) is 7.41. The van der Waals surface area contributed by atoms with E-state index in [2.05, 4.69) is 39.9 Å². The van der Waals surface area contributed by atoms with Crippen LogP contribution >= 0.6 is 29.4 Å². The molecular weight excluding hydrogens is 349 g/mol. The van der Waals surface area contributed by atoms with Crippen LogP contribution in [0.5, 0.6) is 0 Å². The summed E-state index contributed by atoms with van der Waals surface area (Å²) in [7, 11) is 0. The van der Waals surface area contributed by atoms with Crippen molar-refractivity contribution < 1.29 is 28.6 Å². The van der Waals surface area contributed by atoms with Crippen LogP contribution in [-0.2, 0) is 28.6 Å². The molecule has 0 fully saturated rings. The Balaban J connectivity index is 0. The minimum atomic E-state index is -2.74. The first-order valence-electron chi connectivity index (χ1n) is 7.03. The first kappa shape index (κ1) is 22.8. The van der Waals surface area contributed by atoms with Gasteiger partial charge in [-0.05, 0) is 24.7 Å². The van der Waals surface area contributed by atoms with Crippen molar-refractivity contribution in [3.05, 3.63) is 0 Å². The molecule has 112 valence electrons. The minimum Gasteiger partial charge on any atom is -0.313 e. The van der Waals surface area contributed by atoms with Crippen molar-refractivity contribution in [3.8, 4) is 0 Å². The van der Waals surface area contributed by atoms with Crippen LogP contribution in [0, 0.1) is 11.8 Å². The Morgan fingerprint density at radius 3 is 2.37 bits per heavy atom. The molecule has 2 atom stereocenters. The smallest absolute Gasteiger partial charge is 0.310 e. The maximum absolute atomic E-state index is 12.1. The SMILES string of the molecule is CCCCC(CC)COP(=O)(S)SCCC(C)C.[Zn]. The fraction of sp³-hybridized carbons (Fsp3) is 1.00. The normalized spacial score (nSPS) is 15.9. The van der Waals surface area contributed by atoms with Crippen molar-refractivity contribution in [2.24, 2.45) is 11.8 Å². The van der Waals surface area contributed by atoms with Crippen LogP contribution in [-0.4, -0.2) is 12.4 Å². The summed E-state index contributed by atoms with van der Waals surface area (Å²) in [5.74, 6) is -0.710. The molecule has 0 spiro atoms. The van der Waals surface area contributed by atoms with Gasteiger partial charge < -0.3 is 4.52 Å². The number of thiol groups is 1. The summed E-state index contributed by atoms with van der Waals surface area (Å²) in [4.78, 5) is 0. The Hall–Kier alpha value is 1.51. The van der Waals surface area contributed by atoms with Gasteiger partial charge in [0.1, 0.15) is 0 Å². The molecule has 0 aromatic heterocycles. The van der Waals surface area contributed by atoms with E-state index in [0.29, 0.717) is 18.4 Å². The van der Waals surface area contributed by atoms with Gasteiger partial charge in [0.2, 0.25) is 0 Å². The zero-order valence-corrected chi connectivity index (χ0v) is 18.5. The Bertz CT molecular complexity index is 253. The Labute approximate surface area is 141 Å². The average Bonchev–Trinajstić information content (AvgIpc) is 2.28. The first-order valence-corrected chi connectivity index (χ1v) is 11.4. The van der Waals surface area contributed by atoms with E-state index in [1.54, 1.807) is 0 Å². The molecule has 0 bridgehead atoms. The molecular formula is C13H29O2PS2Zn. The van der Waals surface area contributed by atoms with E-state index >= 15 is 0 Å². The van der Waals surface area contributed by atoms with Gasteiger partial charge in [-0.15, -0.1) is 0 Å². The molecule has 0 N–H and O–H groups in total. The summed E-state index contributed by atoms with van der Waals surface area (Å²) < 4.78 is 17.6. The Kier molecular flexibility index (Phi) is 15.8. The second kappa shape index (κ2) is 13.2. The Morgan fingerprint density at radius 1 is 1.26 bits per heavy atom. The molecule has 0 aliphatic heterocycles. The van der Waals surface area contributed by atoms with Crippen LogP contribution in [0.15, 0.2) is 0 Å². The molecule has 0 amide bonds. The van der Waals surface area contributed by atoms with Crippen LogP contribution in [0.2, 0.25) is 0 Å². The fourth-order valence-electron chi connectivity index (χ4n) is 1.54. The van der Waals surface area contributed by atoms with Crippen molar-refractivity contribution in [3.63, 3.8) is 0 Å². The van der Waals surface area contributed by atoms with E-state index in [9.17, 15) is 4.57 Å². The Morgan fingerprint density at radius 2 is 1.89 bits per heavy atom. The van der Waals surface area contributed by atoms with E-state index in [1.165, 1.54) is 24.2 Å². The molecule has 0 aromatic rings. The standard InChI is InChI=1S/C13H29O2PS2.Zn/c1-5-7-8-13(6-2)11-15-16(14,17)18-10-9-12(3)4;/h12-13H,5-11H2,1-4H3,(H,14,17);. The second-order valence-corrected chi connectivity index (χ2v) is 11.7. The van der Waals surface area contributed by atoms with Crippen LogP contribution < -0.4 is 0 Å². The summed E-state index contributed by atoms with van der Waals surface area (Å²) >= 11 is 5.57. The van der Waals surface area contributed by atoms with Crippen molar-refractivity contribution >= 4 is 29.4 Å². The zero-order chi connectivity index (χ0) is 14.0. The molecule has 2 nitrogen and oxygen atoms in total. The maximum atomic E-state index is 12.1. The molecule has 0 aliphatic rings. The monoisotopic (exact) mass is 376 g/mol. The minimum absolute atomic E-state index is 0. The van der Waals surface area contributed by atoms with Gasteiger partial charge in [0.05, 0.1) is 6.61 Å².